The van der Waals surface area contributed by atoms with Crippen LogP contribution in [0.3, 0.4) is 0 Å². The van der Waals surface area contributed by atoms with Crippen LogP contribution in [0.15, 0.2) is 72.8 Å². The van der Waals surface area contributed by atoms with Crippen molar-refractivity contribution in [1.82, 2.24) is 0 Å². The molecule has 0 unspecified atom stereocenters. The molecule has 5 heteroatoms. The van der Waals surface area contributed by atoms with E-state index < -0.39 is 12.0 Å². The Bertz CT molecular complexity index is 1090. The van der Waals surface area contributed by atoms with Gasteiger partial charge in [-0.2, -0.15) is 0 Å². The Morgan fingerprint density at radius 2 is 1.39 bits per heavy atom. The molecule has 0 aromatic heterocycles. The molecule has 3 aromatic rings. The van der Waals surface area contributed by atoms with Crippen LogP contribution < -0.4 is 5.32 Å². The molecule has 0 fully saturated rings. The third-order valence-corrected chi connectivity index (χ3v) is 4.86. The highest BCUT2D eigenvalue weighted by molar-refractivity contribution is 6.30. The minimum Gasteiger partial charge on any atom is -0.480 e. The van der Waals surface area contributed by atoms with Crippen LogP contribution in [0.1, 0.15) is 37.4 Å². The average Bonchev–Trinajstić information content (AvgIpc) is 2.72. The summed E-state index contributed by atoms with van der Waals surface area (Å²) >= 11 is 0. The molecule has 1 aliphatic carbocycles. The van der Waals surface area contributed by atoms with Crippen LogP contribution in [0.25, 0.3) is 0 Å². The molecule has 0 radical (unpaired) electrons. The van der Waals surface area contributed by atoms with Crippen LogP contribution in [-0.2, 0) is 11.2 Å². The fraction of sp³-hybridized carbons (Fsp3) is 0.0870. The van der Waals surface area contributed by atoms with E-state index in [4.69, 9.17) is 0 Å². The van der Waals surface area contributed by atoms with Gasteiger partial charge in [-0.3, -0.25) is 9.59 Å². The lowest BCUT2D eigenvalue weighted by atomic mass is 9.83. The highest BCUT2D eigenvalue weighted by Gasteiger charge is 2.32. The van der Waals surface area contributed by atoms with E-state index in [0.29, 0.717) is 16.8 Å². The number of ketones is 2. The van der Waals surface area contributed by atoms with Crippen LogP contribution in [0.4, 0.5) is 5.69 Å². The Morgan fingerprint density at radius 1 is 0.786 bits per heavy atom. The van der Waals surface area contributed by atoms with Gasteiger partial charge in [0.1, 0.15) is 6.04 Å². The van der Waals surface area contributed by atoms with Crippen molar-refractivity contribution in [3.63, 3.8) is 0 Å². The van der Waals surface area contributed by atoms with E-state index in [1.807, 2.05) is 30.3 Å². The van der Waals surface area contributed by atoms with E-state index in [0.717, 1.165) is 5.56 Å². The summed E-state index contributed by atoms with van der Waals surface area (Å²) in [6.07, 6.45) is 0.249. The van der Waals surface area contributed by atoms with Crippen LogP contribution in [0.2, 0.25) is 0 Å². The van der Waals surface area contributed by atoms with Crippen LogP contribution in [0.5, 0.6) is 0 Å². The first-order chi connectivity index (χ1) is 13.6. The van der Waals surface area contributed by atoms with Gasteiger partial charge in [-0.1, -0.05) is 66.7 Å². The second-order valence-electron chi connectivity index (χ2n) is 6.66. The topological polar surface area (TPSA) is 83.5 Å². The smallest absolute Gasteiger partial charge is 0.326 e. The largest absolute Gasteiger partial charge is 0.480 e. The number of hydrogen-bond acceptors (Lipinski definition) is 4. The summed E-state index contributed by atoms with van der Waals surface area (Å²) in [5.41, 5.74) is 2.44. The summed E-state index contributed by atoms with van der Waals surface area (Å²) in [7, 11) is 0. The molecule has 0 spiro atoms. The third-order valence-electron chi connectivity index (χ3n) is 4.86. The Kier molecular flexibility index (Phi) is 4.49. The number of carbonyl (C=O) groups is 3. The second-order valence-corrected chi connectivity index (χ2v) is 6.66. The number of benzene rings is 3. The number of rotatable bonds is 5. The van der Waals surface area contributed by atoms with Gasteiger partial charge in [-0.25, -0.2) is 4.79 Å². The van der Waals surface area contributed by atoms with Gasteiger partial charge in [0.05, 0.1) is 5.56 Å². The zero-order valence-electron chi connectivity index (χ0n) is 14.9. The molecule has 0 heterocycles. The quantitative estimate of drug-likeness (QED) is 0.560. The molecule has 1 atom stereocenters. The Morgan fingerprint density at radius 3 is 2.07 bits per heavy atom. The lowest BCUT2D eigenvalue weighted by Gasteiger charge is -2.23. The average molecular weight is 371 g/mol. The van der Waals surface area contributed by atoms with Crippen molar-refractivity contribution in [3.05, 3.63) is 101 Å². The Labute approximate surface area is 161 Å². The molecule has 0 saturated heterocycles. The lowest BCUT2D eigenvalue weighted by Crippen LogP contribution is -2.33. The van der Waals surface area contributed by atoms with Crippen LogP contribution >= 0.6 is 0 Å². The van der Waals surface area contributed by atoms with Gasteiger partial charge >= 0.3 is 5.97 Å². The van der Waals surface area contributed by atoms with E-state index in [-0.39, 0.29) is 29.1 Å². The third kappa shape index (κ3) is 3.07. The molecule has 0 aliphatic heterocycles. The maximum atomic E-state index is 13.0. The van der Waals surface area contributed by atoms with Gasteiger partial charge in [0.15, 0.2) is 11.6 Å². The number of nitrogens with one attached hydrogen (secondary N) is 1. The second kappa shape index (κ2) is 7.12. The van der Waals surface area contributed by atoms with Gasteiger partial charge in [0.2, 0.25) is 0 Å². The zero-order chi connectivity index (χ0) is 19.7. The number of carbonyl (C=O) groups excluding carboxylic acids is 2. The molecule has 28 heavy (non-hydrogen) atoms. The summed E-state index contributed by atoms with van der Waals surface area (Å²) < 4.78 is 0. The minimum absolute atomic E-state index is 0.227. The molecular formula is C23H17NO4. The summed E-state index contributed by atoms with van der Waals surface area (Å²) in [5.74, 6) is -1.54. The normalized spacial score (nSPS) is 13.4. The van der Waals surface area contributed by atoms with E-state index in [1.54, 1.807) is 42.5 Å². The Hall–Kier alpha value is -3.73. The number of fused-ring (bicyclic) bond motifs is 2. The SMILES string of the molecule is O=C1c2ccccc2C(=O)c2c(N[C@@H](Cc3ccccc3)C(=O)O)cccc21. The zero-order valence-corrected chi connectivity index (χ0v) is 14.9. The van der Waals surface area contributed by atoms with Crippen LogP contribution in [-0.4, -0.2) is 28.7 Å². The minimum atomic E-state index is -1.03. The van der Waals surface area contributed by atoms with Gasteiger partial charge in [-0.15, -0.1) is 0 Å². The number of carboxylic acids is 1. The number of hydrogen-bond donors (Lipinski definition) is 2. The number of carboxylic acid groups (broad SMARTS) is 1. The van der Waals surface area contributed by atoms with Gasteiger partial charge in [0, 0.05) is 28.8 Å². The summed E-state index contributed by atoms with van der Waals surface area (Å²) in [4.78, 5) is 37.7. The maximum absolute atomic E-state index is 13.0. The summed E-state index contributed by atoms with van der Waals surface area (Å²) in [5, 5.41) is 12.6. The molecule has 0 bridgehead atoms. The molecule has 5 nitrogen and oxygen atoms in total. The molecule has 3 aromatic carbocycles. The van der Waals surface area contributed by atoms with Crippen LogP contribution in [0, 0.1) is 0 Å². The van der Waals surface area contributed by atoms with Crippen molar-refractivity contribution in [2.75, 3.05) is 5.32 Å². The molecule has 138 valence electrons. The maximum Gasteiger partial charge on any atom is 0.326 e. The van der Waals surface area contributed by atoms with Crippen molar-refractivity contribution in [2.45, 2.75) is 12.5 Å². The molecule has 0 saturated carbocycles. The number of aliphatic carboxylic acids is 1. The van der Waals surface area contributed by atoms with Gasteiger partial charge in [0.25, 0.3) is 0 Å². The molecule has 0 amide bonds. The first-order valence-electron chi connectivity index (χ1n) is 8.91. The highest BCUT2D eigenvalue weighted by atomic mass is 16.4. The molecular weight excluding hydrogens is 354 g/mol. The molecule has 2 N–H and O–H groups in total. The first kappa shape index (κ1) is 17.7. The summed E-state index contributed by atoms with van der Waals surface area (Å²) in [6, 6.07) is 19.9. The van der Waals surface area contributed by atoms with Crippen molar-refractivity contribution in [3.8, 4) is 0 Å². The van der Waals surface area contributed by atoms with Crippen molar-refractivity contribution < 1.29 is 19.5 Å². The van der Waals surface area contributed by atoms with Crippen molar-refractivity contribution in [2.24, 2.45) is 0 Å². The van der Waals surface area contributed by atoms with Crippen molar-refractivity contribution >= 4 is 23.2 Å². The van der Waals surface area contributed by atoms with E-state index in [9.17, 15) is 19.5 Å². The van der Waals surface area contributed by atoms with E-state index in [1.165, 1.54) is 0 Å². The summed E-state index contributed by atoms with van der Waals surface area (Å²) in [6.45, 7) is 0. The Balaban J connectivity index is 1.72. The van der Waals surface area contributed by atoms with Gasteiger partial charge in [-0.05, 0) is 11.6 Å². The standard InChI is InChI=1S/C23H17NO4/c25-21-15-9-4-5-10-16(15)22(26)20-17(21)11-6-12-18(20)24-19(23(27)28)13-14-7-2-1-3-8-14/h1-12,19,24H,13H2,(H,27,28)/t19-/m0/s1. The monoisotopic (exact) mass is 371 g/mol. The van der Waals surface area contributed by atoms with E-state index in [2.05, 4.69) is 5.32 Å². The highest BCUT2D eigenvalue weighted by Crippen LogP contribution is 2.32. The lowest BCUT2D eigenvalue weighted by molar-refractivity contribution is -0.137. The molecule has 1 aliphatic rings. The predicted molar refractivity (Wildman–Crippen MR) is 105 cm³/mol. The number of anilines is 1. The fourth-order valence-corrected chi connectivity index (χ4v) is 3.50. The van der Waals surface area contributed by atoms with Crippen molar-refractivity contribution in [1.29, 1.82) is 0 Å². The van der Waals surface area contributed by atoms with E-state index >= 15 is 0 Å². The molecule has 4 rings (SSSR count). The van der Waals surface area contributed by atoms with Gasteiger partial charge < -0.3 is 10.4 Å². The fourth-order valence-electron chi connectivity index (χ4n) is 3.50. The predicted octanol–water partition coefficient (Wildman–Crippen LogP) is 3.57. The first-order valence-corrected chi connectivity index (χ1v) is 8.91.